The Kier molecular flexibility index (Phi) is 6.06. The minimum absolute atomic E-state index is 0.206. The quantitative estimate of drug-likeness (QED) is 0.398. The second kappa shape index (κ2) is 8.54. The second-order valence-electron chi connectivity index (χ2n) is 7.77. The van der Waals surface area contributed by atoms with Crippen molar-refractivity contribution in [3.05, 3.63) is 93.0 Å². The van der Waals surface area contributed by atoms with Crippen LogP contribution in [0.4, 0.5) is 0 Å². The molecule has 0 aliphatic carbocycles. The normalized spacial score (nSPS) is 10.6. The summed E-state index contributed by atoms with van der Waals surface area (Å²) in [4.78, 5) is 25.7. The summed E-state index contributed by atoms with van der Waals surface area (Å²) in [5.74, 6) is -0.539. The van der Waals surface area contributed by atoms with Crippen LogP contribution >= 0.6 is 0 Å². The molecular formula is C26H26O4. The second-order valence-corrected chi connectivity index (χ2v) is 7.77. The van der Waals surface area contributed by atoms with Crippen LogP contribution in [0.2, 0.25) is 0 Å². The Morgan fingerprint density at radius 2 is 0.867 bits per heavy atom. The predicted octanol–water partition coefficient (Wildman–Crippen LogP) is 5.98. The van der Waals surface area contributed by atoms with E-state index in [0.29, 0.717) is 11.1 Å². The predicted molar refractivity (Wildman–Crippen MR) is 118 cm³/mol. The average molecular weight is 402 g/mol. The molecule has 0 atom stereocenters. The van der Waals surface area contributed by atoms with Crippen LogP contribution in [-0.4, -0.2) is 11.9 Å². The smallest absolute Gasteiger partial charge is 0.344 e. The minimum atomic E-state index is -0.476. The zero-order chi connectivity index (χ0) is 22.0. The Labute approximate surface area is 177 Å². The molecule has 0 N–H and O–H groups in total. The van der Waals surface area contributed by atoms with E-state index >= 15 is 0 Å². The van der Waals surface area contributed by atoms with Gasteiger partial charge < -0.3 is 9.47 Å². The molecular weight excluding hydrogens is 376 g/mol. The third kappa shape index (κ3) is 4.43. The fourth-order valence-corrected chi connectivity index (χ4v) is 3.92. The van der Waals surface area contributed by atoms with Gasteiger partial charge in [0.15, 0.2) is 11.5 Å². The number of aryl methyl sites for hydroxylation is 6. The van der Waals surface area contributed by atoms with Crippen LogP contribution in [0.3, 0.4) is 0 Å². The number of esters is 2. The van der Waals surface area contributed by atoms with Crippen molar-refractivity contribution in [3.63, 3.8) is 0 Å². The van der Waals surface area contributed by atoms with Crippen LogP contribution in [0, 0.1) is 41.5 Å². The van der Waals surface area contributed by atoms with Crippen molar-refractivity contribution >= 4 is 11.9 Å². The lowest BCUT2D eigenvalue weighted by molar-refractivity contribution is 0.0680. The van der Waals surface area contributed by atoms with E-state index in [1.54, 1.807) is 24.3 Å². The van der Waals surface area contributed by atoms with Crippen molar-refractivity contribution in [2.24, 2.45) is 0 Å². The van der Waals surface area contributed by atoms with Crippen LogP contribution in [0.25, 0.3) is 0 Å². The number of para-hydroxylation sites is 2. The summed E-state index contributed by atoms with van der Waals surface area (Å²) in [6, 6.07) is 14.5. The van der Waals surface area contributed by atoms with Crippen LogP contribution in [-0.2, 0) is 0 Å². The molecule has 0 unspecified atom stereocenters. The lowest BCUT2D eigenvalue weighted by atomic mass is 10.00. The molecule has 0 saturated heterocycles. The molecule has 0 aliphatic heterocycles. The molecule has 0 bridgehead atoms. The molecule has 4 heteroatoms. The maximum atomic E-state index is 12.9. The van der Waals surface area contributed by atoms with Gasteiger partial charge in [0.1, 0.15) is 0 Å². The van der Waals surface area contributed by atoms with Gasteiger partial charge in [0, 0.05) is 0 Å². The van der Waals surface area contributed by atoms with E-state index < -0.39 is 11.9 Å². The van der Waals surface area contributed by atoms with Gasteiger partial charge in [-0.15, -0.1) is 0 Å². The maximum absolute atomic E-state index is 12.9. The number of hydrogen-bond donors (Lipinski definition) is 0. The summed E-state index contributed by atoms with van der Waals surface area (Å²) >= 11 is 0. The fraction of sp³-hybridized carbons (Fsp3) is 0.231. The van der Waals surface area contributed by atoms with Crippen molar-refractivity contribution < 1.29 is 19.1 Å². The lowest BCUT2D eigenvalue weighted by Gasteiger charge is -2.14. The number of carbonyl (C=O) groups is 2. The molecule has 3 aromatic rings. The molecule has 0 amide bonds. The van der Waals surface area contributed by atoms with E-state index in [2.05, 4.69) is 0 Å². The highest BCUT2D eigenvalue weighted by molar-refractivity contribution is 5.96. The van der Waals surface area contributed by atoms with Gasteiger partial charge in [-0.05, 0) is 75.9 Å². The zero-order valence-electron chi connectivity index (χ0n) is 18.3. The van der Waals surface area contributed by atoms with Crippen LogP contribution in [0.1, 0.15) is 54.1 Å². The van der Waals surface area contributed by atoms with Gasteiger partial charge in [-0.25, -0.2) is 9.59 Å². The third-order valence-corrected chi connectivity index (χ3v) is 5.02. The first-order chi connectivity index (χ1) is 14.2. The molecule has 0 aromatic heterocycles. The molecule has 0 fully saturated rings. The summed E-state index contributed by atoms with van der Waals surface area (Å²) in [6.45, 7) is 11.5. The molecule has 0 radical (unpaired) electrons. The van der Waals surface area contributed by atoms with Crippen molar-refractivity contribution in [3.8, 4) is 11.5 Å². The van der Waals surface area contributed by atoms with E-state index in [1.165, 1.54) is 0 Å². The summed E-state index contributed by atoms with van der Waals surface area (Å²) < 4.78 is 11.3. The van der Waals surface area contributed by atoms with Gasteiger partial charge in [0.2, 0.25) is 0 Å². The zero-order valence-corrected chi connectivity index (χ0v) is 18.3. The Bertz CT molecular complexity index is 1010. The van der Waals surface area contributed by atoms with Gasteiger partial charge in [0.05, 0.1) is 11.1 Å². The van der Waals surface area contributed by atoms with E-state index in [9.17, 15) is 9.59 Å². The Hall–Kier alpha value is -3.40. The standard InChI is InChI=1S/C26H26O4/c1-15-11-17(3)23(18(4)12-15)25(27)29-21-9-7-8-10-22(21)30-26(28)24-19(5)13-16(2)14-20(24)6/h7-14H,1-6H3. The first kappa shape index (κ1) is 21.3. The number of benzene rings is 3. The molecule has 0 heterocycles. The molecule has 154 valence electrons. The first-order valence-electron chi connectivity index (χ1n) is 9.86. The summed E-state index contributed by atoms with van der Waals surface area (Å²) in [7, 11) is 0. The lowest BCUT2D eigenvalue weighted by Crippen LogP contribution is -2.16. The summed E-state index contributed by atoms with van der Waals surface area (Å²) in [5.41, 5.74) is 6.59. The largest absolute Gasteiger partial charge is 0.419 e. The van der Waals surface area contributed by atoms with Gasteiger partial charge in [-0.1, -0.05) is 47.5 Å². The van der Waals surface area contributed by atoms with Crippen LogP contribution < -0.4 is 9.47 Å². The molecule has 3 aromatic carbocycles. The maximum Gasteiger partial charge on any atom is 0.344 e. The average Bonchev–Trinajstić information content (AvgIpc) is 2.61. The van der Waals surface area contributed by atoms with Crippen molar-refractivity contribution in [1.82, 2.24) is 0 Å². The topological polar surface area (TPSA) is 52.6 Å². The highest BCUT2D eigenvalue weighted by Crippen LogP contribution is 2.30. The SMILES string of the molecule is Cc1cc(C)c(C(=O)Oc2ccccc2OC(=O)c2c(C)cc(C)cc2C)c(C)c1. The van der Waals surface area contributed by atoms with Gasteiger partial charge in [-0.3, -0.25) is 0 Å². The third-order valence-electron chi connectivity index (χ3n) is 5.02. The van der Waals surface area contributed by atoms with Crippen molar-refractivity contribution in [2.75, 3.05) is 0 Å². The van der Waals surface area contributed by atoms with E-state index in [-0.39, 0.29) is 11.5 Å². The van der Waals surface area contributed by atoms with Crippen LogP contribution in [0.15, 0.2) is 48.5 Å². The fourth-order valence-electron chi connectivity index (χ4n) is 3.92. The molecule has 3 rings (SSSR count). The Balaban J connectivity index is 1.89. The Morgan fingerprint density at radius 3 is 1.17 bits per heavy atom. The highest BCUT2D eigenvalue weighted by Gasteiger charge is 2.20. The first-order valence-corrected chi connectivity index (χ1v) is 9.86. The number of hydrogen-bond acceptors (Lipinski definition) is 4. The van der Waals surface area contributed by atoms with Crippen molar-refractivity contribution in [2.45, 2.75) is 41.5 Å². The van der Waals surface area contributed by atoms with E-state index in [1.807, 2.05) is 65.8 Å². The molecule has 0 spiro atoms. The van der Waals surface area contributed by atoms with Gasteiger partial charge in [-0.2, -0.15) is 0 Å². The Morgan fingerprint density at radius 1 is 0.567 bits per heavy atom. The van der Waals surface area contributed by atoms with Crippen LogP contribution in [0.5, 0.6) is 11.5 Å². The number of ether oxygens (including phenoxy) is 2. The minimum Gasteiger partial charge on any atom is -0.419 e. The summed E-state index contributed by atoms with van der Waals surface area (Å²) in [5, 5.41) is 0. The molecule has 4 nitrogen and oxygen atoms in total. The van der Waals surface area contributed by atoms with Gasteiger partial charge in [0.25, 0.3) is 0 Å². The highest BCUT2D eigenvalue weighted by atomic mass is 16.6. The van der Waals surface area contributed by atoms with E-state index in [4.69, 9.17) is 9.47 Å². The van der Waals surface area contributed by atoms with Crippen molar-refractivity contribution in [1.29, 1.82) is 0 Å². The summed E-state index contributed by atoms with van der Waals surface area (Å²) in [6.07, 6.45) is 0. The monoisotopic (exact) mass is 402 g/mol. The number of rotatable bonds is 4. The van der Waals surface area contributed by atoms with E-state index in [0.717, 1.165) is 33.4 Å². The van der Waals surface area contributed by atoms with Gasteiger partial charge >= 0.3 is 11.9 Å². The molecule has 0 aliphatic rings. The molecule has 30 heavy (non-hydrogen) atoms. The molecule has 0 saturated carbocycles. The number of carbonyl (C=O) groups excluding carboxylic acids is 2.